The second-order valence-corrected chi connectivity index (χ2v) is 4.72. The fourth-order valence-electron chi connectivity index (χ4n) is 2.55. The molecule has 1 aliphatic carbocycles. The van der Waals surface area contributed by atoms with Crippen molar-refractivity contribution in [3.63, 3.8) is 0 Å². The Hall–Kier alpha value is -0.720. The van der Waals surface area contributed by atoms with Crippen molar-refractivity contribution in [2.45, 2.75) is 65.2 Å². The summed E-state index contributed by atoms with van der Waals surface area (Å²) in [6.07, 6.45) is 10.1. The first kappa shape index (κ1) is 10.8. The molecule has 1 heterocycles. The van der Waals surface area contributed by atoms with Crippen molar-refractivity contribution in [1.82, 2.24) is 0 Å². The van der Waals surface area contributed by atoms with Gasteiger partial charge in [0, 0.05) is 12.8 Å². The number of hydrogen-bond acceptors (Lipinski definition) is 1. The Morgan fingerprint density at radius 2 is 1.93 bits per heavy atom. The van der Waals surface area contributed by atoms with Crippen molar-refractivity contribution in [3.05, 3.63) is 22.6 Å². The van der Waals surface area contributed by atoms with Crippen LogP contribution in [0.3, 0.4) is 0 Å². The van der Waals surface area contributed by atoms with Gasteiger partial charge in [0.2, 0.25) is 0 Å². The highest BCUT2D eigenvalue weighted by atomic mass is 16.3. The summed E-state index contributed by atoms with van der Waals surface area (Å²) in [5, 5.41) is 0. The van der Waals surface area contributed by atoms with Crippen LogP contribution in [0.25, 0.3) is 0 Å². The van der Waals surface area contributed by atoms with Crippen LogP contribution in [0.1, 0.15) is 61.7 Å². The van der Waals surface area contributed by atoms with Crippen LogP contribution in [0.2, 0.25) is 0 Å². The molecule has 0 amide bonds. The molecule has 2 rings (SSSR count). The van der Waals surface area contributed by atoms with Crippen LogP contribution < -0.4 is 0 Å². The van der Waals surface area contributed by atoms with Crippen molar-refractivity contribution in [3.8, 4) is 0 Å². The van der Waals surface area contributed by atoms with Gasteiger partial charge in [0.05, 0.1) is 0 Å². The fraction of sp³-hybridized carbons (Fsp3) is 0.714. The van der Waals surface area contributed by atoms with E-state index in [1.165, 1.54) is 67.6 Å². The van der Waals surface area contributed by atoms with Gasteiger partial charge in [0.25, 0.3) is 0 Å². The molecule has 0 saturated heterocycles. The first-order chi connectivity index (χ1) is 7.33. The zero-order valence-corrected chi connectivity index (χ0v) is 10.1. The SMILES string of the molecule is CCCCCc1oc2c(c1C)CCCC2. The van der Waals surface area contributed by atoms with Crippen LogP contribution in [-0.4, -0.2) is 0 Å². The average molecular weight is 206 g/mol. The lowest BCUT2D eigenvalue weighted by atomic mass is 9.95. The van der Waals surface area contributed by atoms with E-state index in [9.17, 15) is 0 Å². The molecule has 0 unspecified atom stereocenters. The summed E-state index contributed by atoms with van der Waals surface area (Å²) in [5.41, 5.74) is 2.99. The van der Waals surface area contributed by atoms with Crippen LogP contribution in [0, 0.1) is 6.92 Å². The number of aryl methyl sites for hydroxylation is 2. The fourth-order valence-corrected chi connectivity index (χ4v) is 2.55. The van der Waals surface area contributed by atoms with Gasteiger partial charge >= 0.3 is 0 Å². The summed E-state index contributed by atoms with van der Waals surface area (Å²) in [6.45, 7) is 4.49. The van der Waals surface area contributed by atoms with E-state index < -0.39 is 0 Å². The minimum absolute atomic E-state index is 1.15. The molecule has 0 fully saturated rings. The summed E-state index contributed by atoms with van der Waals surface area (Å²) < 4.78 is 5.98. The van der Waals surface area contributed by atoms with E-state index >= 15 is 0 Å². The van der Waals surface area contributed by atoms with Gasteiger partial charge in [-0.25, -0.2) is 0 Å². The van der Waals surface area contributed by atoms with Gasteiger partial charge in [-0.2, -0.15) is 0 Å². The van der Waals surface area contributed by atoms with E-state index in [2.05, 4.69) is 13.8 Å². The quantitative estimate of drug-likeness (QED) is 0.673. The highest BCUT2D eigenvalue weighted by Gasteiger charge is 2.19. The molecule has 0 aliphatic heterocycles. The second kappa shape index (κ2) is 4.87. The number of hydrogen-bond donors (Lipinski definition) is 0. The predicted molar refractivity (Wildman–Crippen MR) is 63.3 cm³/mol. The lowest BCUT2D eigenvalue weighted by molar-refractivity contribution is 0.437. The standard InChI is InChI=1S/C14H22O/c1-3-4-5-9-13-11(2)12-8-6-7-10-14(12)15-13/h3-10H2,1-2H3. The van der Waals surface area contributed by atoms with E-state index in [-0.39, 0.29) is 0 Å². The van der Waals surface area contributed by atoms with Gasteiger partial charge in [-0.15, -0.1) is 0 Å². The van der Waals surface area contributed by atoms with Gasteiger partial charge in [-0.1, -0.05) is 19.8 Å². The van der Waals surface area contributed by atoms with Gasteiger partial charge in [0.15, 0.2) is 0 Å². The van der Waals surface area contributed by atoms with E-state index in [4.69, 9.17) is 4.42 Å². The van der Waals surface area contributed by atoms with Crippen LogP contribution in [-0.2, 0) is 19.3 Å². The Balaban J connectivity index is 2.07. The molecule has 0 aromatic carbocycles. The van der Waals surface area contributed by atoms with E-state index in [0.29, 0.717) is 0 Å². The maximum Gasteiger partial charge on any atom is 0.107 e. The molecule has 1 aromatic heterocycles. The molecular weight excluding hydrogens is 184 g/mol. The molecule has 1 heteroatoms. The molecule has 84 valence electrons. The number of furan rings is 1. The number of unbranched alkanes of at least 4 members (excludes halogenated alkanes) is 2. The van der Waals surface area contributed by atoms with Gasteiger partial charge in [-0.05, 0) is 43.7 Å². The first-order valence-corrected chi connectivity index (χ1v) is 6.43. The zero-order chi connectivity index (χ0) is 10.7. The van der Waals surface area contributed by atoms with Crippen molar-refractivity contribution in [2.24, 2.45) is 0 Å². The summed E-state index contributed by atoms with van der Waals surface area (Å²) in [7, 11) is 0. The monoisotopic (exact) mass is 206 g/mol. The Morgan fingerprint density at radius 1 is 1.13 bits per heavy atom. The minimum Gasteiger partial charge on any atom is -0.466 e. The Morgan fingerprint density at radius 3 is 2.67 bits per heavy atom. The molecular formula is C14H22O. The summed E-state index contributed by atoms with van der Waals surface area (Å²) in [5.74, 6) is 2.57. The molecule has 0 N–H and O–H groups in total. The van der Waals surface area contributed by atoms with Crippen LogP contribution >= 0.6 is 0 Å². The summed E-state index contributed by atoms with van der Waals surface area (Å²) >= 11 is 0. The third-order valence-electron chi connectivity index (χ3n) is 3.54. The van der Waals surface area contributed by atoms with Gasteiger partial charge in [0.1, 0.15) is 11.5 Å². The molecule has 0 saturated carbocycles. The summed E-state index contributed by atoms with van der Waals surface area (Å²) in [6, 6.07) is 0. The van der Waals surface area contributed by atoms with Gasteiger partial charge < -0.3 is 4.42 Å². The second-order valence-electron chi connectivity index (χ2n) is 4.72. The van der Waals surface area contributed by atoms with Crippen LogP contribution in [0.4, 0.5) is 0 Å². The zero-order valence-electron chi connectivity index (χ0n) is 10.1. The molecule has 0 bridgehead atoms. The maximum absolute atomic E-state index is 5.98. The highest BCUT2D eigenvalue weighted by Crippen LogP contribution is 2.30. The molecule has 0 spiro atoms. The lowest BCUT2D eigenvalue weighted by Gasteiger charge is -2.08. The third kappa shape index (κ3) is 2.27. The van der Waals surface area contributed by atoms with E-state index in [1.807, 2.05) is 0 Å². The molecule has 0 atom stereocenters. The highest BCUT2D eigenvalue weighted by molar-refractivity contribution is 5.34. The first-order valence-electron chi connectivity index (χ1n) is 6.43. The van der Waals surface area contributed by atoms with Gasteiger partial charge in [-0.3, -0.25) is 0 Å². The third-order valence-corrected chi connectivity index (χ3v) is 3.54. The number of fused-ring (bicyclic) bond motifs is 1. The van der Waals surface area contributed by atoms with Crippen molar-refractivity contribution in [1.29, 1.82) is 0 Å². The largest absolute Gasteiger partial charge is 0.466 e. The molecule has 15 heavy (non-hydrogen) atoms. The van der Waals surface area contributed by atoms with E-state index in [1.54, 1.807) is 0 Å². The van der Waals surface area contributed by atoms with Crippen LogP contribution in [0.5, 0.6) is 0 Å². The lowest BCUT2D eigenvalue weighted by Crippen LogP contribution is -1.99. The summed E-state index contributed by atoms with van der Waals surface area (Å²) in [4.78, 5) is 0. The molecule has 1 aliphatic rings. The van der Waals surface area contributed by atoms with E-state index in [0.717, 1.165) is 6.42 Å². The van der Waals surface area contributed by atoms with Crippen molar-refractivity contribution in [2.75, 3.05) is 0 Å². The molecule has 1 aromatic rings. The smallest absolute Gasteiger partial charge is 0.107 e. The number of rotatable bonds is 4. The normalized spacial score (nSPS) is 15.3. The minimum atomic E-state index is 1.15. The Kier molecular flexibility index (Phi) is 3.50. The predicted octanol–water partition coefficient (Wildman–Crippen LogP) is 4.20. The molecule has 0 radical (unpaired) electrons. The molecule has 1 nitrogen and oxygen atoms in total. The Bertz CT molecular complexity index is 322. The Labute approximate surface area is 92.9 Å². The maximum atomic E-state index is 5.98. The topological polar surface area (TPSA) is 13.1 Å². The van der Waals surface area contributed by atoms with Crippen molar-refractivity contribution < 1.29 is 4.42 Å². The van der Waals surface area contributed by atoms with Crippen LogP contribution in [0.15, 0.2) is 4.42 Å². The van der Waals surface area contributed by atoms with Crippen molar-refractivity contribution >= 4 is 0 Å². The average Bonchev–Trinajstić information content (AvgIpc) is 2.57.